The quantitative estimate of drug-likeness (QED) is 0.518. The van der Waals surface area contributed by atoms with Crippen molar-refractivity contribution in [1.82, 2.24) is 10.2 Å². The molecule has 0 saturated heterocycles. The lowest BCUT2D eigenvalue weighted by molar-refractivity contribution is -0.119. The minimum Gasteiger partial charge on any atom is -0.451 e. The van der Waals surface area contributed by atoms with E-state index < -0.39 is 18.5 Å². The Morgan fingerprint density at radius 1 is 1.04 bits per heavy atom. The SMILES string of the molecule is CC(=O)c1ccc(NC(=O)COC(=O)c2cc(-c3ccccc3)n[nH]2)cc1. The highest BCUT2D eigenvalue weighted by atomic mass is 16.5. The van der Waals surface area contributed by atoms with E-state index >= 15 is 0 Å². The molecule has 3 aromatic rings. The fourth-order valence-electron chi connectivity index (χ4n) is 2.38. The fraction of sp³-hybridized carbons (Fsp3) is 0.100. The van der Waals surface area contributed by atoms with Crippen molar-refractivity contribution in [2.24, 2.45) is 0 Å². The molecule has 0 saturated carbocycles. The number of aromatic nitrogens is 2. The molecule has 1 heterocycles. The van der Waals surface area contributed by atoms with Gasteiger partial charge in [0, 0.05) is 16.8 Å². The summed E-state index contributed by atoms with van der Waals surface area (Å²) < 4.78 is 5.00. The topological polar surface area (TPSA) is 101 Å². The zero-order valence-corrected chi connectivity index (χ0v) is 14.6. The summed E-state index contributed by atoms with van der Waals surface area (Å²) in [4.78, 5) is 35.2. The minimum atomic E-state index is -0.674. The molecule has 0 spiro atoms. The summed E-state index contributed by atoms with van der Waals surface area (Å²) in [6, 6.07) is 17.4. The highest BCUT2D eigenvalue weighted by Gasteiger charge is 2.14. The van der Waals surface area contributed by atoms with Gasteiger partial charge < -0.3 is 10.1 Å². The number of carbonyl (C=O) groups is 3. The van der Waals surface area contributed by atoms with E-state index in [-0.39, 0.29) is 11.5 Å². The van der Waals surface area contributed by atoms with Gasteiger partial charge in [-0.15, -0.1) is 0 Å². The van der Waals surface area contributed by atoms with Gasteiger partial charge in [-0.25, -0.2) is 4.79 Å². The molecular weight excluding hydrogens is 346 g/mol. The van der Waals surface area contributed by atoms with Gasteiger partial charge in [0.25, 0.3) is 5.91 Å². The number of nitrogens with zero attached hydrogens (tertiary/aromatic N) is 1. The molecule has 136 valence electrons. The Morgan fingerprint density at radius 2 is 1.74 bits per heavy atom. The number of hydrogen-bond acceptors (Lipinski definition) is 5. The number of hydrogen-bond donors (Lipinski definition) is 2. The minimum absolute atomic E-state index is 0.0590. The van der Waals surface area contributed by atoms with E-state index in [2.05, 4.69) is 15.5 Å². The van der Waals surface area contributed by atoms with Crippen LogP contribution < -0.4 is 5.32 Å². The molecule has 3 rings (SSSR count). The molecule has 0 unspecified atom stereocenters. The number of ether oxygens (including phenoxy) is 1. The number of aromatic amines is 1. The van der Waals surface area contributed by atoms with E-state index in [1.54, 1.807) is 30.3 Å². The second-order valence-corrected chi connectivity index (χ2v) is 5.79. The zero-order valence-electron chi connectivity index (χ0n) is 14.6. The van der Waals surface area contributed by atoms with Crippen LogP contribution in [0.25, 0.3) is 11.3 Å². The van der Waals surface area contributed by atoms with Gasteiger partial charge in [-0.1, -0.05) is 30.3 Å². The third-order valence-corrected chi connectivity index (χ3v) is 3.78. The highest BCUT2D eigenvalue weighted by Crippen LogP contribution is 2.17. The van der Waals surface area contributed by atoms with Gasteiger partial charge in [0.2, 0.25) is 0 Å². The number of nitrogens with one attached hydrogen (secondary N) is 2. The first-order chi connectivity index (χ1) is 13.0. The van der Waals surface area contributed by atoms with Crippen LogP contribution >= 0.6 is 0 Å². The molecule has 0 fully saturated rings. The number of ketones is 1. The summed E-state index contributed by atoms with van der Waals surface area (Å²) in [5.41, 5.74) is 2.69. The van der Waals surface area contributed by atoms with Crippen LogP contribution in [0.2, 0.25) is 0 Å². The molecule has 0 aliphatic carbocycles. The Labute approximate surface area is 155 Å². The average Bonchev–Trinajstić information content (AvgIpc) is 3.17. The number of Topliss-reactive ketones (excluding diaryl/α,β-unsaturated/α-hetero) is 1. The number of H-pyrrole nitrogens is 1. The second kappa shape index (κ2) is 8.09. The van der Waals surface area contributed by atoms with E-state index in [4.69, 9.17) is 4.74 Å². The first-order valence-corrected chi connectivity index (χ1v) is 8.22. The number of benzene rings is 2. The van der Waals surface area contributed by atoms with Crippen LogP contribution in [0.15, 0.2) is 60.7 Å². The summed E-state index contributed by atoms with van der Waals surface area (Å²) in [6.07, 6.45) is 0. The van der Waals surface area contributed by atoms with E-state index in [9.17, 15) is 14.4 Å². The number of anilines is 1. The largest absolute Gasteiger partial charge is 0.451 e. The molecule has 7 heteroatoms. The summed E-state index contributed by atoms with van der Waals surface area (Å²) in [6.45, 7) is 1.03. The standard InChI is InChI=1S/C20H17N3O4/c1-13(24)14-7-9-16(10-8-14)21-19(25)12-27-20(26)18-11-17(22-23-18)15-5-3-2-4-6-15/h2-11H,12H2,1H3,(H,21,25)(H,22,23). The lowest BCUT2D eigenvalue weighted by Crippen LogP contribution is -2.21. The van der Waals surface area contributed by atoms with Crippen molar-refractivity contribution in [1.29, 1.82) is 0 Å². The fourth-order valence-corrected chi connectivity index (χ4v) is 2.38. The lowest BCUT2D eigenvalue weighted by atomic mass is 10.1. The highest BCUT2D eigenvalue weighted by molar-refractivity contribution is 5.97. The second-order valence-electron chi connectivity index (χ2n) is 5.79. The Hall–Kier alpha value is -3.74. The predicted octanol–water partition coefficient (Wildman–Crippen LogP) is 3.07. The molecule has 7 nitrogen and oxygen atoms in total. The molecule has 27 heavy (non-hydrogen) atoms. The van der Waals surface area contributed by atoms with Crippen molar-refractivity contribution in [3.05, 3.63) is 71.9 Å². The molecule has 0 bridgehead atoms. The van der Waals surface area contributed by atoms with Gasteiger partial charge in [0.15, 0.2) is 12.4 Å². The van der Waals surface area contributed by atoms with Gasteiger partial charge in [-0.2, -0.15) is 5.10 Å². The van der Waals surface area contributed by atoms with Crippen LogP contribution in [0.4, 0.5) is 5.69 Å². The Morgan fingerprint density at radius 3 is 2.41 bits per heavy atom. The number of amides is 1. The first-order valence-electron chi connectivity index (χ1n) is 8.22. The molecule has 0 aliphatic rings. The van der Waals surface area contributed by atoms with Gasteiger partial charge in [-0.05, 0) is 37.3 Å². The number of carbonyl (C=O) groups excluding carboxylic acids is 3. The van der Waals surface area contributed by atoms with Gasteiger partial charge >= 0.3 is 5.97 Å². The summed E-state index contributed by atoms with van der Waals surface area (Å²) >= 11 is 0. The van der Waals surface area contributed by atoms with Crippen LogP contribution in [-0.4, -0.2) is 34.5 Å². The van der Waals surface area contributed by atoms with Crippen LogP contribution in [0.3, 0.4) is 0 Å². The van der Waals surface area contributed by atoms with Crippen LogP contribution in [-0.2, 0) is 9.53 Å². The summed E-state index contributed by atoms with van der Waals surface area (Å²) in [7, 11) is 0. The van der Waals surface area contributed by atoms with Gasteiger partial charge in [0.05, 0.1) is 5.69 Å². The van der Waals surface area contributed by atoms with Crippen LogP contribution in [0, 0.1) is 0 Å². The Balaban J connectivity index is 1.53. The van der Waals surface area contributed by atoms with E-state index in [1.807, 2.05) is 30.3 Å². The third kappa shape index (κ3) is 4.66. The van der Waals surface area contributed by atoms with Crippen molar-refractivity contribution in [2.75, 3.05) is 11.9 Å². The van der Waals surface area contributed by atoms with Gasteiger partial charge in [-0.3, -0.25) is 14.7 Å². The predicted molar refractivity (Wildman–Crippen MR) is 99.4 cm³/mol. The summed E-state index contributed by atoms with van der Waals surface area (Å²) in [5, 5.41) is 9.27. The average molecular weight is 363 g/mol. The Kier molecular flexibility index (Phi) is 5.41. The number of rotatable bonds is 6. The van der Waals surface area contributed by atoms with Crippen LogP contribution in [0.5, 0.6) is 0 Å². The smallest absolute Gasteiger partial charge is 0.356 e. The van der Waals surface area contributed by atoms with E-state index in [0.717, 1.165) is 5.56 Å². The van der Waals surface area contributed by atoms with Crippen molar-refractivity contribution in [3.8, 4) is 11.3 Å². The Bertz CT molecular complexity index is 962. The maximum Gasteiger partial charge on any atom is 0.356 e. The van der Waals surface area contributed by atoms with Crippen LogP contribution in [0.1, 0.15) is 27.8 Å². The number of esters is 1. The van der Waals surface area contributed by atoms with Gasteiger partial charge in [0.1, 0.15) is 5.69 Å². The first kappa shape index (κ1) is 18.1. The van der Waals surface area contributed by atoms with Crippen molar-refractivity contribution in [3.63, 3.8) is 0 Å². The zero-order chi connectivity index (χ0) is 19.2. The maximum atomic E-state index is 12.1. The molecule has 2 N–H and O–H groups in total. The molecule has 2 aromatic carbocycles. The van der Waals surface area contributed by atoms with Crippen molar-refractivity contribution < 1.29 is 19.1 Å². The van der Waals surface area contributed by atoms with E-state index in [1.165, 1.54) is 6.92 Å². The monoisotopic (exact) mass is 363 g/mol. The molecule has 0 radical (unpaired) electrons. The molecule has 0 aliphatic heterocycles. The third-order valence-electron chi connectivity index (χ3n) is 3.78. The lowest BCUT2D eigenvalue weighted by Gasteiger charge is -2.06. The molecular formula is C20H17N3O4. The van der Waals surface area contributed by atoms with E-state index in [0.29, 0.717) is 16.9 Å². The van der Waals surface area contributed by atoms with Crippen molar-refractivity contribution >= 4 is 23.3 Å². The normalized spacial score (nSPS) is 10.3. The summed E-state index contributed by atoms with van der Waals surface area (Å²) in [5.74, 6) is -1.22. The van der Waals surface area contributed by atoms with Crippen molar-refractivity contribution in [2.45, 2.75) is 6.92 Å². The molecule has 1 aromatic heterocycles. The molecule has 1 amide bonds. The molecule has 0 atom stereocenters. The maximum absolute atomic E-state index is 12.1.